The second-order valence-electron chi connectivity index (χ2n) is 5.79. The summed E-state index contributed by atoms with van der Waals surface area (Å²) in [6.45, 7) is 0.410. The number of nitrogens with zero attached hydrogens (tertiary/aromatic N) is 5. The second kappa shape index (κ2) is 7.00. The first kappa shape index (κ1) is 17.5. The topological polar surface area (TPSA) is 105 Å². The lowest BCUT2D eigenvalue weighted by atomic mass is 10.0. The molecule has 2 fully saturated rings. The molecule has 0 radical (unpaired) electrons. The van der Waals surface area contributed by atoms with Gasteiger partial charge in [-0.3, -0.25) is 5.43 Å². The van der Waals surface area contributed by atoms with Gasteiger partial charge in [-0.05, 0) is 53.1 Å². The van der Waals surface area contributed by atoms with Crippen molar-refractivity contribution >= 4 is 46.9 Å². The molecule has 0 amide bonds. The summed E-state index contributed by atoms with van der Waals surface area (Å²) in [6, 6.07) is 7.01. The SMILES string of the molecule is NC(=S)N/N=C1/C[C@H](n2nnn(-c3cccc(Cl)c3)c2=S)[C@H]2CO[C@H]1O2. The maximum atomic E-state index is 6.05. The molecule has 3 atom stereocenters. The molecule has 12 heteroatoms. The van der Waals surface area contributed by atoms with E-state index in [9.17, 15) is 0 Å². The van der Waals surface area contributed by atoms with Crippen LogP contribution in [0.15, 0.2) is 29.4 Å². The van der Waals surface area contributed by atoms with E-state index >= 15 is 0 Å². The molecule has 2 saturated heterocycles. The number of nitrogens with one attached hydrogen (secondary N) is 1. The molecule has 26 heavy (non-hydrogen) atoms. The Bertz CT molecular complexity index is 943. The third-order valence-corrected chi connectivity index (χ3v) is 4.80. The lowest BCUT2D eigenvalue weighted by molar-refractivity contribution is -0.0324. The van der Waals surface area contributed by atoms with Gasteiger partial charge in [-0.15, -0.1) is 0 Å². The van der Waals surface area contributed by atoms with Gasteiger partial charge in [-0.2, -0.15) is 9.78 Å². The molecule has 0 aliphatic carbocycles. The van der Waals surface area contributed by atoms with Crippen LogP contribution in [0.5, 0.6) is 0 Å². The van der Waals surface area contributed by atoms with E-state index in [1.807, 2.05) is 12.1 Å². The number of benzene rings is 1. The molecular weight excluding hydrogens is 398 g/mol. The molecule has 1 aromatic carbocycles. The van der Waals surface area contributed by atoms with Crippen LogP contribution < -0.4 is 11.2 Å². The highest BCUT2D eigenvalue weighted by atomic mass is 35.5. The fourth-order valence-corrected chi connectivity index (χ4v) is 3.49. The van der Waals surface area contributed by atoms with Crippen LogP contribution in [-0.4, -0.2) is 49.6 Å². The Morgan fingerprint density at radius 2 is 2.27 bits per heavy atom. The molecule has 136 valence electrons. The number of thiocarbonyl (C=S) groups is 1. The molecule has 0 unspecified atom stereocenters. The third kappa shape index (κ3) is 3.23. The summed E-state index contributed by atoms with van der Waals surface area (Å²) in [5.41, 5.74) is 9.36. The fraction of sp³-hybridized carbons (Fsp3) is 0.357. The van der Waals surface area contributed by atoms with Gasteiger partial charge in [-0.25, -0.2) is 4.68 Å². The maximum absolute atomic E-state index is 6.05. The summed E-state index contributed by atoms with van der Waals surface area (Å²) in [7, 11) is 0. The van der Waals surface area contributed by atoms with Crippen LogP contribution in [0.4, 0.5) is 0 Å². The van der Waals surface area contributed by atoms with Gasteiger partial charge in [0, 0.05) is 11.4 Å². The zero-order valence-corrected chi connectivity index (χ0v) is 15.7. The number of aromatic nitrogens is 4. The number of tetrazole rings is 1. The highest BCUT2D eigenvalue weighted by Crippen LogP contribution is 2.33. The molecule has 9 nitrogen and oxygen atoms in total. The number of hydrazone groups is 1. The van der Waals surface area contributed by atoms with Crippen molar-refractivity contribution in [3.63, 3.8) is 0 Å². The molecule has 3 heterocycles. The number of hydrogen-bond donors (Lipinski definition) is 2. The predicted octanol–water partition coefficient (Wildman–Crippen LogP) is 1.33. The third-order valence-electron chi connectivity index (χ3n) is 4.11. The van der Waals surface area contributed by atoms with Gasteiger partial charge in [0.05, 0.1) is 24.0 Å². The molecular formula is C14H14ClN7O2S2. The Balaban J connectivity index is 1.66. The predicted molar refractivity (Wildman–Crippen MR) is 101 cm³/mol. The first-order valence-electron chi connectivity index (χ1n) is 7.72. The van der Waals surface area contributed by atoms with E-state index in [0.29, 0.717) is 28.5 Å². The smallest absolute Gasteiger partial charge is 0.221 e. The highest BCUT2D eigenvalue weighted by Gasteiger charge is 2.44. The fourth-order valence-electron chi connectivity index (χ4n) is 2.94. The Morgan fingerprint density at radius 1 is 1.42 bits per heavy atom. The van der Waals surface area contributed by atoms with Crippen LogP contribution >= 0.6 is 36.0 Å². The van der Waals surface area contributed by atoms with Crippen molar-refractivity contribution in [2.75, 3.05) is 6.61 Å². The Kier molecular flexibility index (Phi) is 4.71. The standard InChI is InChI=1S/C14H14ClN7O2S2/c15-7-2-1-3-8(4-7)21-14(26)22(20-19-21)10-5-9(17-18-13(16)25)12-23-6-11(10)24-12/h1-4,10-12H,5-6H2,(H3,16,18,25)/b17-9-/t10-,11+,12-/m0/s1. The van der Waals surface area contributed by atoms with Gasteiger partial charge in [0.1, 0.15) is 6.10 Å². The molecule has 2 aliphatic heterocycles. The van der Waals surface area contributed by atoms with Crippen molar-refractivity contribution in [2.24, 2.45) is 10.8 Å². The van der Waals surface area contributed by atoms with Crippen molar-refractivity contribution < 1.29 is 9.47 Å². The Morgan fingerprint density at radius 3 is 3.04 bits per heavy atom. The van der Waals surface area contributed by atoms with Crippen LogP contribution in [0.3, 0.4) is 0 Å². The lowest BCUT2D eigenvalue weighted by Gasteiger charge is -2.27. The number of ether oxygens (including phenoxy) is 2. The van der Waals surface area contributed by atoms with Crippen LogP contribution in [0, 0.1) is 4.77 Å². The van der Waals surface area contributed by atoms with E-state index in [4.69, 9.17) is 51.2 Å². The lowest BCUT2D eigenvalue weighted by Crippen LogP contribution is -2.39. The highest BCUT2D eigenvalue weighted by molar-refractivity contribution is 7.80. The summed E-state index contributed by atoms with van der Waals surface area (Å²) in [5.74, 6) is 0. The summed E-state index contributed by atoms with van der Waals surface area (Å²) >= 11 is 16.4. The van der Waals surface area contributed by atoms with E-state index in [1.54, 1.807) is 21.5 Å². The largest absolute Gasteiger partial charge is 0.375 e. The van der Waals surface area contributed by atoms with Crippen molar-refractivity contribution in [1.82, 2.24) is 25.2 Å². The summed E-state index contributed by atoms with van der Waals surface area (Å²) < 4.78 is 15.1. The number of fused-ring (bicyclic) bond motifs is 2. The van der Waals surface area contributed by atoms with Gasteiger partial charge in [0.25, 0.3) is 0 Å². The first-order valence-corrected chi connectivity index (χ1v) is 8.92. The van der Waals surface area contributed by atoms with Gasteiger partial charge >= 0.3 is 0 Å². The average molecular weight is 412 g/mol. The van der Waals surface area contributed by atoms with Crippen LogP contribution in [0.2, 0.25) is 5.02 Å². The maximum Gasteiger partial charge on any atom is 0.221 e. The van der Waals surface area contributed by atoms with Gasteiger partial charge in [0.15, 0.2) is 11.4 Å². The number of nitrogens with two attached hydrogens (primary N) is 1. The minimum atomic E-state index is -0.518. The molecule has 4 rings (SSSR count). The quantitative estimate of drug-likeness (QED) is 0.575. The van der Waals surface area contributed by atoms with Crippen LogP contribution in [-0.2, 0) is 9.47 Å². The number of halogens is 1. The van der Waals surface area contributed by atoms with Gasteiger partial charge in [0.2, 0.25) is 4.77 Å². The monoisotopic (exact) mass is 411 g/mol. The van der Waals surface area contributed by atoms with Crippen molar-refractivity contribution in [3.05, 3.63) is 34.1 Å². The van der Waals surface area contributed by atoms with Gasteiger partial charge in [-0.1, -0.05) is 17.7 Å². The second-order valence-corrected chi connectivity index (χ2v) is 7.03. The van der Waals surface area contributed by atoms with E-state index in [1.165, 1.54) is 0 Å². The number of hydrogen-bond acceptors (Lipinski definition) is 7. The first-order chi connectivity index (χ1) is 12.5. The van der Waals surface area contributed by atoms with Crippen molar-refractivity contribution in [1.29, 1.82) is 0 Å². The number of rotatable bonds is 3. The molecule has 0 spiro atoms. The molecule has 3 N–H and O–H groups in total. The van der Waals surface area contributed by atoms with E-state index in [2.05, 4.69) is 21.0 Å². The van der Waals surface area contributed by atoms with E-state index in [0.717, 1.165) is 5.69 Å². The van der Waals surface area contributed by atoms with Gasteiger partial charge < -0.3 is 15.2 Å². The molecule has 0 saturated carbocycles. The Hall–Kier alpha value is -1.92. The minimum absolute atomic E-state index is 0.0673. The molecule has 2 bridgehead atoms. The van der Waals surface area contributed by atoms with E-state index in [-0.39, 0.29) is 17.3 Å². The molecule has 2 aromatic rings. The van der Waals surface area contributed by atoms with Crippen molar-refractivity contribution in [3.8, 4) is 5.69 Å². The summed E-state index contributed by atoms with van der Waals surface area (Å²) in [4.78, 5) is 0. The normalized spacial score (nSPS) is 26.2. The zero-order chi connectivity index (χ0) is 18.3. The molecule has 1 aromatic heterocycles. The Labute approximate surface area is 163 Å². The van der Waals surface area contributed by atoms with Crippen LogP contribution in [0.25, 0.3) is 5.69 Å². The minimum Gasteiger partial charge on any atom is -0.375 e. The summed E-state index contributed by atoms with van der Waals surface area (Å²) in [5, 5.41) is 13.2. The summed E-state index contributed by atoms with van der Waals surface area (Å²) in [6.07, 6.45) is -0.191. The van der Waals surface area contributed by atoms with E-state index < -0.39 is 6.29 Å². The van der Waals surface area contributed by atoms with Crippen LogP contribution in [0.1, 0.15) is 12.5 Å². The van der Waals surface area contributed by atoms with Crippen molar-refractivity contribution in [2.45, 2.75) is 24.9 Å². The average Bonchev–Trinajstić information content (AvgIpc) is 3.19. The molecule has 2 aliphatic rings. The zero-order valence-electron chi connectivity index (χ0n) is 13.3.